The standard InChI is InChI=1S/C15H26ClN3O3/c1-21-9-6-11(13(22-2)18-7-9)15(20)10-5-8(16)3-4-12(10)19-14(15)17/h8-13,18,20H,3-7H2,1-2H3,(H2,17,19). The number of halogens is 1. The fourth-order valence-electron chi connectivity index (χ4n) is 4.39. The fourth-order valence-corrected chi connectivity index (χ4v) is 4.70. The lowest BCUT2D eigenvalue weighted by atomic mass is 9.67. The average molecular weight is 332 g/mol. The number of fused-ring (bicyclic) bond motifs is 1. The molecule has 0 aromatic rings. The van der Waals surface area contributed by atoms with Gasteiger partial charge in [0, 0.05) is 38.0 Å². The summed E-state index contributed by atoms with van der Waals surface area (Å²) in [5, 5.41) is 14.9. The van der Waals surface area contributed by atoms with Crippen molar-refractivity contribution in [1.82, 2.24) is 5.32 Å². The Balaban J connectivity index is 1.90. The van der Waals surface area contributed by atoms with E-state index in [1.165, 1.54) is 0 Å². The molecule has 7 unspecified atom stereocenters. The summed E-state index contributed by atoms with van der Waals surface area (Å²) in [4.78, 5) is 4.55. The molecule has 3 rings (SSSR count). The first-order chi connectivity index (χ1) is 10.5. The van der Waals surface area contributed by atoms with E-state index in [1.807, 2.05) is 0 Å². The maximum atomic E-state index is 11.5. The highest BCUT2D eigenvalue weighted by atomic mass is 35.5. The second kappa shape index (κ2) is 6.24. The largest absolute Gasteiger partial charge is 0.385 e. The topological polar surface area (TPSA) is 89.1 Å². The third kappa shape index (κ3) is 2.55. The highest BCUT2D eigenvalue weighted by Gasteiger charge is 2.58. The van der Waals surface area contributed by atoms with Crippen molar-refractivity contribution < 1.29 is 14.6 Å². The van der Waals surface area contributed by atoms with Crippen LogP contribution in [0.1, 0.15) is 25.7 Å². The Labute approximate surface area is 136 Å². The lowest BCUT2D eigenvalue weighted by Gasteiger charge is -2.47. The smallest absolute Gasteiger partial charge is 0.133 e. The van der Waals surface area contributed by atoms with Crippen molar-refractivity contribution in [2.75, 3.05) is 20.8 Å². The number of ether oxygens (including phenoxy) is 2. The number of alkyl halides is 1. The molecule has 0 spiro atoms. The zero-order chi connectivity index (χ0) is 15.9. The van der Waals surface area contributed by atoms with Gasteiger partial charge in [-0.2, -0.15) is 0 Å². The van der Waals surface area contributed by atoms with Crippen molar-refractivity contribution in [3.8, 4) is 0 Å². The molecule has 1 saturated carbocycles. The van der Waals surface area contributed by atoms with Crippen LogP contribution in [0, 0.1) is 11.8 Å². The van der Waals surface area contributed by atoms with Gasteiger partial charge in [0.25, 0.3) is 0 Å². The van der Waals surface area contributed by atoms with Gasteiger partial charge in [-0.15, -0.1) is 11.6 Å². The zero-order valence-corrected chi connectivity index (χ0v) is 13.9. The van der Waals surface area contributed by atoms with Crippen molar-refractivity contribution >= 4 is 17.4 Å². The number of hydrogen-bond donors (Lipinski definition) is 3. The van der Waals surface area contributed by atoms with Gasteiger partial charge >= 0.3 is 0 Å². The minimum Gasteiger partial charge on any atom is -0.385 e. The summed E-state index contributed by atoms with van der Waals surface area (Å²) in [6.45, 7) is 0.699. The minimum absolute atomic E-state index is 0.0302. The molecule has 0 aromatic carbocycles. The summed E-state index contributed by atoms with van der Waals surface area (Å²) in [5.41, 5.74) is 5.01. The number of nitrogens with one attached hydrogen (secondary N) is 1. The van der Waals surface area contributed by atoms with E-state index < -0.39 is 5.60 Å². The molecule has 4 N–H and O–H groups in total. The molecular formula is C15H26ClN3O3. The number of piperidine rings is 1. The number of aliphatic hydroxyl groups is 1. The predicted octanol–water partition coefficient (Wildman–Crippen LogP) is 0.461. The van der Waals surface area contributed by atoms with Crippen LogP contribution in [0.4, 0.5) is 0 Å². The first kappa shape index (κ1) is 16.5. The van der Waals surface area contributed by atoms with Crippen LogP contribution in [-0.4, -0.2) is 61.1 Å². The summed E-state index contributed by atoms with van der Waals surface area (Å²) < 4.78 is 11.0. The van der Waals surface area contributed by atoms with Crippen LogP contribution in [0.15, 0.2) is 4.99 Å². The second-order valence-electron chi connectivity index (χ2n) is 6.69. The number of aliphatic imine (C=N–C) groups is 1. The SMILES string of the molecule is COC1CNC(OC)C(C2(O)C(N)=NC3CCC(Cl)CC32)C1. The van der Waals surface area contributed by atoms with E-state index in [0.717, 1.165) is 19.3 Å². The van der Waals surface area contributed by atoms with Crippen LogP contribution >= 0.6 is 11.6 Å². The molecule has 0 amide bonds. The number of rotatable bonds is 3. The molecule has 0 bridgehead atoms. The fraction of sp³-hybridized carbons (Fsp3) is 0.933. The summed E-state index contributed by atoms with van der Waals surface area (Å²) in [6, 6.07) is 0.0698. The number of hydrogen-bond acceptors (Lipinski definition) is 6. The van der Waals surface area contributed by atoms with E-state index in [4.69, 9.17) is 26.8 Å². The highest BCUT2D eigenvalue weighted by molar-refractivity contribution is 6.20. The van der Waals surface area contributed by atoms with Crippen LogP contribution in [0.5, 0.6) is 0 Å². The van der Waals surface area contributed by atoms with Crippen molar-refractivity contribution in [3.63, 3.8) is 0 Å². The molecule has 2 aliphatic heterocycles. The second-order valence-corrected chi connectivity index (χ2v) is 7.31. The molecule has 6 nitrogen and oxygen atoms in total. The first-order valence-corrected chi connectivity index (χ1v) is 8.43. The Bertz CT molecular complexity index is 450. The Kier molecular flexibility index (Phi) is 4.67. The summed E-state index contributed by atoms with van der Waals surface area (Å²) in [6.07, 6.45) is 2.99. The minimum atomic E-state index is -1.18. The van der Waals surface area contributed by atoms with E-state index in [1.54, 1.807) is 14.2 Å². The Morgan fingerprint density at radius 3 is 2.73 bits per heavy atom. The van der Waals surface area contributed by atoms with Gasteiger partial charge in [0.15, 0.2) is 0 Å². The first-order valence-electron chi connectivity index (χ1n) is 7.99. The molecule has 0 radical (unpaired) electrons. The van der Waals surface area contributed by atoms with Gasteiger partial charge in [-0.05, 0) is 25.7 Å². The van der Waals surface area contributed by atoms with Crippen LogP contribution in [-0.2, 0) is 9.47 Å². The highest BCUT2D eigenvalue weighted by Crippen LogP contribution is 2.47. The van der Waals surface area contributed by atoms with Gasteiger partial charge < -0.3 is 20.3 Å². The normalized spacial score (nSPS) is 48.8. The Morgan fingerprint density at radius 2 is 2.05 bits per heavy atom. The Morgan fingerprint density at radius 1 is 1.27 bits per heavy atom. The molecule has 126 valence electrons. The molecule has 2 heterocycles. The third-order valence-electron chi connectivity index (χ3n) is 5.61. The van der Waals surface area contributed by atoms with E-state index >= 15 is 0 Å². The van der Waals surface area contributed by atoms with Crippen molar-refractivity contribution in [1.29, 1.82) is 0 Å². The van der Waals surface area contributed by atoms with Crippen LogP contribution in [0.25, 0.3) is 0 Å². The Hall–Kier alpha value is -0.400. The van der Waals surface area contributed by atoms with E-state index in [-0.39, 0.29) is 35.6 Å². The molecule has 1 aliphatic carbocycles. The predicted molar refractivity (Wildman–Crippen MR) is 85.0 cm³/mol. The van der Waals surface area contributed by atoms with Crippen molar-refractivity contribution in [2.24, 2.45) is 22.6 Å². The number of methoxy groups -OCH3 is 2. The molecule has 22 heavy (non-hydrogen) atoms. The molecule has 3 aliphatic rings. The van der Waals surface area contributed by atoms with E-state index in [9.17, 15) is 5.11 Å². The van der Waals surface area contributed by atoms with Crippen molar-refractivity contribution in [3.05, 3.63) is 0 Å². The van der Waals surface area contributed by atoms with Gasteiger partial charge in [-0.3, -0.25) is 10.3 Å². The zero-order valence-electron chi connectivity index (χ0n) is 13.2. The lowest BCUT2D eigenvalue weighted by molar-refractivity contribution is -0.125. The molecule has 1 saturated heterocycles. The van der Waals surface area contributed by atoms with Gasteiger partial charge in [0.2, 0.25) is 0 Å². The van der Waals surface area contributed by atoms with Crippen molar-refractivity contribution in [2.45, 2.75) is 55.0 Å². The lowest BCUT2D eigenvalue weighted by Crippen LogP contribution is -2.64. The van der Waals surface area contributed by atoms with Gasteiger partial charge in [-0.25, -0.2) is 0 Å². The van der Waals surface area contributed by atoms with Crippen LogP contribution in [0.2, 0.25) is 0 Å². The van der Waals surface area contributed by atoms with Crippen LogP contribution < -0.4 is 11.1 Å². The molecule has 2 fully saturated rings. The summed E-state index contributed by atoms with van der Waals surface area (Å²) >= 11 is 6.35. The summed E-state index contributed by atoms with van der Waals surface area (Å²) in [5.74, 6) is 0.0968. The molecule has 7 heteroatoms. The van der Waals surface area contributed by atoms with E-state index in [2.05, 4.69) is 10.3 Å². The quantitative estimate of drug-likeness (QED) is 0.654. The number of nitrogens with two attached hydrogens (primary N) is 1. The monoisotopic (exact) mass is 331 g/mol. The van der Waals surface area contributed by atoms with Gasteiger partial charge in [0.1, 0.15) is 17.7 Å². The number of nitrogens with zero attached hydrogens (tertiary/aromatic N) is 1. The molecular weight excluding hydrogens is 306 g/mol. The van der Waals surface area contributed by atoms with Crippen LogP contribution in [0.3, 0.4) is 0 Å². The third-order valence-corrected chi connectivity index (χ3v) is 6.01. The average Bonchev–Trinajstić information content (AvgIpc) is 2.79. The summed E-state index contributed by atoms with van der Waals surface area (Å²) in [7, 11) is 3.33. The van der Waals surface area contributed by atoms with Gasteiger partial charge in [-0.1, -0.05) is 0 Å². The van der Waals surface area contributed by atoms with Gasteiger partial charge in [0.05, 0.1) is 12.1 Å². The van der Waals surface area contributed by atoms with E-state index in [0.29, 0.717) is 18.8 Å². The molecule has 7 atom stereocenters. The molecule has 0 aromatic heterocycles. The maximum absolute atomic E-state index is 11.5. The maximum Gasteiger partial charge on any atom is 0.133 e. The number of amidine groups is 1.